The van der Waals surface area contributed by atoms with Crippen LogP contribution >= 0.6 is 0 Å². The zero-order valence-corrected chi connectivity index (χ0v) is 9.76. The van der Waals surface area contributed by atoms with E-state index in [1.165, 1.54) is 18.4 Å². The first-order valence-electron chi connectivity index (χ1n) is 6.13. The van der Waals surface area contributed by atoms with Crippen LogP contribution in [0.2, 0.25) is 0 Å². The summed E-state index contributed by atoms with van der Waals surface area (Å²) >= 11 is 0. The summed E-state index contributed by atoms with van der Waals surface area (Å²) in [5.74, 6) is 0.555. The minimum Gasteiger partial charge on any atom is -0.387 e. The lowest BCUT2D eigenvalue weighted by Crippen LogP contribution is -2.62. The number of nitrogens with zero attached hydrogens (tertiary/aromatic N) is 2. The molecule has 1 aliphatic carbocycles. The van der Waals surface area contributed by atoms with Gasteiger partial charge >= 0.3 is 0 Å². The van der Waals surface area contributed by atoms with Gasteiger partial charge < -0.3 is 5.11 Å². The van der Waals surface area contributed by atoms with E-state index in [2.05, 4.69) is 11.0 Å². The molecule has 0 amide bonds. The van der Waals surface area contributed by atoms with Gasteiger partial charge in [-0.25, -0.2) is 0 Å². The highest BCUT2D eigenvalue weighted by Crippen LogP contribution is 2.44. The molecule has 1 aromatic rings. The Morgan fingerprint density at radius 2 is 1.94 bits per heavy atom. The molecule has 88 valence electrons. The topological polar surface area (TPSA) is 47.3 Å². The van der Waals surface area contributed by atoms with Crippen molar-refractivity contribution in [2.45, 2.75) is 25.0 Å². The fourth-order valence-electron chi connectivity index (χ4n) is 2.66. The summed E-state index contributed by atoms with van der Waals surface area (Å²) in [6.45, 7) is 2.48. The summed E-state index contributed by atoms with van der Waals surface area (Å²) in [5.41, 5.74) is 1.51. The molecule has 0 spiro atoms. The zero-order valence-electron chi connectivity index (χ0n) is 9.76. The van der Waals surface area contributed by atoms with Gasteiger partial charge in [-0.05, 0) is 36.5 Å². The van der Waals surface area contributed by atoms with Crippen molar-refractivity contribution in [3.05, 3.63) is 35.4 Å². The number of β-amino-alcohol motifs (C(OH)–C–C–N with tert-alkyl or cyclic N) is 1. The number of rotatable bonds is 3. The fraction of sp³-hybridized carbons (Fsp3) is 0.500. The van der Waals surface area contributed by atoms with Crippen LogP contribution in [0.25, 0.3) is 0 Å². The van der Waals surface area contributed by atoms with E-state index in [0.29, 0.717) is 11.5 Å². The zero-order chi connectivity index (χ0) is 11.9. The Labute approximate surface area is 101 Å². The van der Waals surface area contributed by atoms with Crippen LogP contribution in [0.4, 0.5) is 0 Å². The number of aliphatic hydroxyl groups is 1. The molecule has 0 atom stereocenters. The van der Waals surface area contributed by atoms with E-state index >= 15 is 0 Å². The van der Waals surface area contributed by atoms with Crippen LogP contribution in [0.3, 0.4) is 0 Å². The Morgan fingerprint density at radius 3 is 2.47 bits per heavy atom. The van der Waals surface area contributed by atoms with Crippen LogP contribution in [0.1, 0.15) is 24.0 Å². The molecule has 0 unspecified atom stereocenters. The van der Waals surface area contributed by atoms with E-state index in [0.717, 1.165) is 19.6 Å². The fourth-order valence-corrected chi connectivity index (χ4v) is 2.66. The first-order chi connectivity index (χ1) is 8.19. The van der Waals surface area contributed by atoms with E-state index in [9.17, 15) is 5.11 Å². The monoisotopic (exact) mass is 228 g/mol. The second-order valence-electron chi connectivity index (χ2n) is 5.33. The second-order valence-corrected chi connectivity index (χ2v) is 5.33. The van der Waals surface area contributed by atoms with Crippen LogP contribution in [0.15, 0.2) is 24.3 Å². The molecule has 1 saturated carbocycles. The molecule has 17 heavy (non-hydrogen) atoms. The molecule has 1 N–H and O–H groups in total. The van der Waals surface area contributed by atoms with Crippen molar-refractivity contribution < 1.29 is 5.11 Å². The van der Waals surface area contributed by atoms with Crippen LogP contribution in [0, 0.1) is 17.2 Å². The predicted octanol–water partition coefficient (Wildman–Crippen LogP) is 1.51. The van der Waals surface area contributed by atoms with Crippen molar-refractivity contribution in [2.75, 3.05) is 13.1 Å². The van der Waals surface area contributed by atoms with E-state index in [4.69, 9.17) is 5.26 Å². The minimum absolute atomic E-state index is 0.396. The largest absolute Gasteiger partial charge is 0.387 e. The van der Waals surface area contributed by atoms with Crippen molar-refractivity contribution in [2.24, 2.45) is 5.92 Å². The molecule has 3 heteroatoms. The molecule has 2 fully saturated rings. The van der Waals surface area contributed by atoms with E-state index in [1.807, 2.05) is 24.3 Å². The standard InChI is InChI=1S/C14H16N2O/c15-7-11-1-3-12(4-2-11)8-16-9-14(17,10-16)13-5-6-13/h1-4,13,17H,5-6,8-10H2. The Hall–Kier alpha value is -1.37. The molecule has 1 aromatic carbocycles. The van der Waals surface area contributed by atoms with Crippen LogP contribution in [0.5, 0.6) is 0 Å². The molecule has 0 aromatic heterocycles. The summed E-state index contributed by atoms with van der Waals surface area (Å²) < 4.78 is 0. The average Bonchev–Trinajstić information content (AvgIpc) is 3.12. The van der Waals surface area contributed by atoms with Gasteiger partial charge in [0.05, 0.1) is 17.2 Å². The van der Waals surface area contributed by atoms with Gasteiger partial charge in [-0.1, -0.05) is 12.1 Å². The Morgan fingerprint density at radius 1 is 1.29 bits per heavy atom. The van der Waals surface area contributed by atoms with E-state index < -0.39 is 5.60 Å². The third kappa shape index (κ3) is 2.06. The van der Waals surface area contributed by atoms with Crippen molar-refractivity contribution >= 4 is 0 Å². The Balaban J connectivity index is 1.56. The molecule has 0 radical (unpaired) electrons. The van der Waals surface area contributed by atoms with Crippen molar-refractivity contribution in [3.63, 3.8) is 0 Å². The van der Waals surface area contributed by atoms with Crippen LogP contribution in [-0.4, -0.2) is 28.7 Å². The quantitative estimate of drug-likeness (QED) is 0.853. The van der Waals surface area contributed by atoms with Crippen molar-refractivity contribution in [3.8, 4) is 6.07 Å². The molecule has 1 heterocycles. The highest BCUT2D eigenvalue weighted by Gasteiger charge is 2.51. The summed E-state index contributed by atoms with van der Waals surface area (Å²) in [6, 6.07) is 9.80. The van der Waals surface area contributed by atoms with Gasteiger partial charge in [-0.3, -0.25) is 4.90 Å². The Kier molecular flexibility index (Phi) is 2.43. The van der Waals surface area contributed by atoms with Gasteiger partial charge in [0.25, 0.3) is 0 Å². The lowest BCUT2D eigenvalue weighted by atomic mass is 9.88. The lowest BCUT2D eigenvalue weighted by Gasteiger charge is -2.47. The molecule has 1 saturated heterocycles. The number of nitriles is 1. The highest BCUT2D eigenvalue weighted by molar-refractivity contribution is 5.31. The molecule has 1 aliphatic heterocycles. The normalized spacial score (nSPS) is 22.8. The van der Waals surface area contributed by atoms with Gasteiger partial charge in [0.2, 0.25) is 0 Å². The first-order valence-corrected chi connectivity index (χ1v) is 6.13. The molecular weight excluding hydrogens is 212 g/mol. The molecule has 3 rings (SSSR count). The van der Waals surface area contributed by atoms with E-state index in [-0.39, 0.29) is 0 Å². The van der Waals surface area contributed by atoms with Gasteiger partial charge in [0.15, 0.2) is 0 Å². The first kappa shape index (κ1) is 10.8. The average molecular weight is 228 g/mol. The maximum absolute atomic E-state index is 10.2. The molecule has 2 aliphatic rings. The Bertz CT molecular complexity index is 450. The summed E-state index contributed by atoms with van der Waals surface area (Å²) in [5, 5.41) is 18.9. The number of hydrogen-bond acceptors (Lipinski definition) is 3. The van der Waals surface area contributed by atoms with Crippen LogP contribution < -0.4 is 0 Å². The summed E-state index contributed by atoms with van der Waals surface area (Å²) in [7, 11) is 0. The van der Waals surface area contributed by atoms with Gasteiger partial charge in [0, 0.05) is 19.6 Å². The SMILES string of the molecule is N#Cc1ccc(CN2CC(O)(C3CC3)C2)cc1. The minimum atomic E-state index is -0.396. The lowest BCUT2D eigenvalue weighted by molar-refractivity contribution is -0.116. The summed E-state index contributed by atoms with van der Waals surface area (Å²) in [6.07, 6.45) is 2.39. The van der Waals surface area contributed by atoms with Gasteiger partial charge in [0.1, 0.15) is 0 Å². The number of likely N-dealkylation sites (tertiary alicyclic amines) is 1. The highest BCUT2D eigenvalue weighted by atomic mass is 16.3. The summed E-state index contributed by atoms with van der Waals surface area (Å²) in [4.78, 5) is 2.26. The van der Waals surface area contributed by atoms with Gasteiger partial charge in [-0.15, -0.1) is 0 Å². The van der Waals surface area contributed by atoms with Gasteiger partial charge in [-0.2, -0.15) is 5.26 Å². The third-order valence-corrected chi connectivity index (χ3v) is 3.82. The maximum Gasteiger partial charge on any atom is 0.0991 e. The smallest absolute Gasteiger partial charge is 0.0991 e. The maximum atomic E-state index is 10.2. The number of hydrogen-bond donors (Lipinski definition) is 1. The predicted molar refractivity (Wildman–Crippen MR) is 64.1 cm³/mol. The van der Waals surface area contributed by atoms with Crippen molar-refractivity contribution in [1.29, 1.82) is 5.26 Å². The van der Waals surface area contributed by atoms with Crippen molar-refractivity contribution in [1.82, 2.24) is 4.90 Å². The molecular formula is C14H16N2O. The van der Waals surface area contributed by atoms with E-state index in [1.54, 1.807) is 0 Å². The second kappa shape index (κ2) is 3.83. The molecule has 0 bridgehead atoms. The number of benzene rings is 1. The van der Waals surface area contributed by atoms with Crippen LogP contribution in [-0.2, 0) is 6.54 Å². The molecule has 3 nitrogen and oxygen atoms in total. The third-order valence-electron chi connectivity index (χ3n) is 3.82.